The van der Waals surface area contributed by atoms with Gasteiger partial charge in [0.1, 0.15) is 5.76 Å². The maximum Gasteiger partial charge on any atom is 0.293 e. The van der Waals surface area contributed by atoms with Gasteiger partial charge in [0.25, 0.3) is 5.91 Å². The molecule has 2 aromatic heterocycles. The fourth-order valence-electron chi connectivity index (χ4n) is 4.88. The number of rotatable bonds is 5. The number of carbonyl (C=O) groups is 1. The van der Waals surface area contributed by atoms with Gasteiger partial charge in [-0.1, -0.05) is 70.2 Å². The van der Waals surface area contributed by atoms with Gasteiger partial charge in [-0.15, -0.1) is 0 Å². The van der Waals surface area contributed by atoms with Crippen LogP contribution in [0, 0.1) is 6.92 Å². The van der Waals surface area contributed by atoms with Crippen LogP contribution in [0.4, 0.5) is 5.13 Å². The van der Waals surface area contributed by atoms with Crippen LogP contribution in [-0.2, 0) is 17.3 Å². The first-order valence-corrected chi connectivity index (χ1v) is 12.8. The van der Waals surface area contributed by atoms with Crippen molar-refractivity contribution in [3.63, 3.8) is 0 Å². The van der Waals surface area contributed by atoms with E-state index in [1.165, 1.54) is 35.1 Å². The number of furan rings is 1. The Kier molecular flexibility index (Phi) is 5.88. The summed E-state index contributed by atoms with van der Waals surface area (Å²) >= 11 is 1.16. The first kappa shape index (κ1) is 23.5. The Morgan fingerprint density at radius 1 is 1.00 bits per heavy atom. The molecule has 2 aromatic carbocycles. The summed E-state index contributed by atoms with van der Waals surface area (Å²) in [6.07, 6.45) is 3.03. The quantitative estimate of drug-likeness (QED) is 0.322. The molecule has 1 N–H and O–H groups in total. The number of hydrogen-bond acceptors (Lipinski definition) is 5. The van der Waals surface area contributed by atoms with E-state index in [2.05, 4.69) is 61.4 Å². The van der Waals surface area contributed by atoms with Crippen LogP contribution in [0.3, 0.4) is 0 Å². The molecule has 6 heteroatoms. The van der Waals surface area contributed by atoms with Crippen LogP contribution in [0.2, 0.25) is 0 Å². The van der Waals surface area contributed by atoms with Gasteiger partial charge in [0.15, 0.2) is 11.6 Å². The van der Waals surface area contributed by atoms with Crippen molar-refractivity contribution in [2.45, 2.75) is 64.7 Å². The zero-order chi connectivity index (χ0) is 24.8. The molecule has 0 bridgehead atoms. The van der Waals surface area contributed by atoms with Crippen molar-refractivity contribution in [2.24, 2.45) is 0 Å². The molecule has 0 unspecified atom stereocenters. The lowest BCUT2D eigenvalue weighted by atomic mass is 9.62. The van der Waals surface area contributed by atoms with Crippen molar-refractivity contribution in [3.8, 4) is 11.4 Å². The summed E-state index contributed by atoms with van der Waals surface area (Å²) in [5.41, 5.74) is 6.66. The number of benzene rings is 2. The molecular weight excluding hydrogens is 454 g/mol. The molecule has 0 aliphatic heterocycles. The zero-order valence-electron chi connectivity index (χ0n) is 20.9. The Morgan fingerprint density at radius 3 is 2.40 bits per heavy atom. The first-order valence-electron chi connectivity index (χ1n) is 12.1. The van der Waals surface area contributed by atoms with Crippen LogP contribution < -0.4 is 5.32 Å². The third-order valence-corrected chi connectivity index (χ3v) is 7.87. The number of nitrogens with one attached hydrogen (secondary N) is 1. The van der Waals surface area contributed by atoms with E-state index in [9.17, 15) is 4.79 Å². The van der Waals surface area contributed by atoms with Gasteiger partial charge in [-0.3, -0.25) is 10.1 Å². The minimum Gasteiger partial charge on any atom is -0.456 e. The van der Waals surface area contributed by atoms with E-state index in [-0.39, 0.29) is 22.5 Å². The number of aryl methyl sites for hydroxylation is 1. The van der Waals surface area contributed by atoms with Crippen LogP contribution in [0.1, 0.15) is 79.1 Å². The molecule has 2 heterocycles. The van der Waals surface area contributed by atoms with Crippen LogP contribution in [0.25, 0.3) is 11.4 Å². The van der Waals surface area contributed by atoms with E-state index in [0.29, 0.717) is 17.4 Å². The number of hydrogen-bond donors (Lipinski definition) is 1. The summed E-state index contributed by atoms with van der Waals surface area (Å²) in [5, 5.41) is 3.26. The van der Waals surface area contributed by atoms with E-state index in [1.807, 2.05) is 36.4 Å². The topological polar surface area (TPSA) is 68.0 Å². The number of nitrogens with zero attached hydrogens (tertiary/aromatic N) is 2. The fourth-order valence-corrected chi connectivity index (χ4v) is 5.46. The monoisotopic (exact) mass is 485 g/mol. The van der Waals surface area contributed by atoms with Gasteiger partial charge in [0.05, 0.1) is 0 Å². The summed E-state index contributed by atoms with van der Waals surface area (Å²) in [6, 6.07) is 18.0. The Morgan fingerprint density at radius 2 is 1.69 bits per heavy atom. The second kappa shape index (κ2) is 8.76. The third-order valence-electron chi connectivity index (χ3n) is 7.24. The van der Waals surface area contributed by atoms with Crippen molar-refractivity contribution in [2.75, 3.05) is 5.32 Å². The van der Waals surface area contributed by atoms with Crippen LogP contribution in [-0.4, -0.2) is 15.3 Å². The fraction of sp³-hybridized carbons (Fsp3) is 0.345. The highest BCUT2D eigenvalue weighted by molar-refractivity contribution is 7.10. The third kappa shape index (κ3) is 4.67. The minimum atomic E-state index is -0.322. The highest BCUT2D eigenvalue weighted by Crippen LogP contribution is 2.46. The molecule has 1 aliphatic carbocycles. The Balaban J connectivity index is 1.32. The van der Waals surface area contributed by atoms with Crippen LogP contribution in [0.5, 0.6) is 0 Å². The first-order chi connectivity index (χ1) is 16.6. The van der Waals surface area contributed by atoms with Crippen molar-refractivity contribution < 1.29 is 9.21 Å². The largest absolute Gasteiger partial charge is 0.456 e. The molecule has 5 rings (SSSR count). The molecule has 1 amide bonds. The second-order valence-electron chi connectivity index (χ2n) is 10.8. The number of amides is 1. The summed E-state index contributed by atoms with van der Waals surface area (Å²) in [5.74, 6) is 1.32. The minimum absolute atomic E-state index is 0.155. The second-order valence-corrected chi connectivity index (χ2v) is 11.5. The average Bonchev–Trinajstić information content (AvgIpc) is 3.49. The van der Waals surface area contributed by atoms with E-state index < -0.39 is 0 Å². The highest BCUT2D eigenvalue weighted by atomic mass is 32.1. The van der Waals surface area contributed by atoms with E-state index in [0.717, 1.165) is 22.9 Å². The van der Waals surface area contributed by atoms with Gasteiger partial charge >= 0.3 is 0 Å². The number of aromatic nitrogens is 2. The molecule has 4 aromatic rings. The van der Waals surface area contributed by atoms with Crippen molar-refractivity contribution in [1.82, 2.24) is 9.36 Å². The Bertz CT molecular complexity index is 1380. The SMILES string of the molecule is Cc1cc2c(cc1Cc1ccc(C(=O)Nc3nc(-c4ccccc4)ns3)o1)C(C)(C)CCC2(C)C. The normalized spacial score (nSPS) is 16.0. The Hall–Kier alpha value is -3.25. The smallest absolute Gasteiger partial charge is 0.293 e. The lowest BCUT2D eigenvalue weighted by Gasteiger charge is -2.42. The van der Waals surface area contributed by atoms with E-state index in [4.69, 9.17) is 4.42 Å². The molecular formula is C29H31N3O2S. The van der Waals surface area contributed by atoms with Gasteiger partial charge in [0, 0.05) is 23.5 Å². The van der Waals surface area contributed by atoms with Crippen LogP contribution >= 0.6 is 11.5 Å². The zero-order valence-corrected chi connectivity index (χ0v) is 21.8. The number of anilines is 1. The summed E-state index contributed by atoms with van der Waals surface area (Å²) in [4.78, 5) is 17.2. The van der Waals surface area contributed by atoms with E-state index >= 15 is 0 Å². The maximum absolute atomic E-state index is 12.8. The van der Waals surface area contributed by atoms with Gasteiger partial charge in [-0.25, -0.2) is 0 Å². The van der Waals surface area contributed by atoms with Gasteiger partial charge in [0.2, 0.25) is 5.13 Å². The Labute approximate surface area is 210 Å². The van der Waals surface area contributed by atoms with Gasteiger partial charge < -0.3 is 4.42 Å². The lowest BCUT2D eigenvalue weighted by molar-refractivity contribution is 0.0995. The van der Waals surface area contributed by atoms with Crippen molar-refractivity contribution >= 4 is 22.6 Å². The predicted molar refractivity (Wildman–Crippen MR) is 141 cm³/mol. The molecule has 0 saturated carbocycles. The van der Waals surface area contributed by atoms with Crippen molar-refractivity contribution in [1.29, 1.82) is 0 Å². The molecule has 0 radical (unpaired) electrons. The molecule has 180 valence electrons. The average molecular weight is 486 g/mol. The van der Waals surface area contributed by atoms with Gasteiger partial charge in [-0.2, -0.15) is 9.36 Å². The molecule has 0 fully saturated rings. The summed E-state index contributed by atoms with van der Waals surface area (Å²) in [6.45, 7) is 11.5. The maximum atomic E-state index is 12.8. The lowest BCUT2D eigenvalue weighted by Crippen LogP contribution is -2.34. The molecule has 35 heavy (non-hydrogen) atoms. The predicted octanol–water partition coefficient (Wildman–Crippen LogP) is 7.30. The number of carbonyl (C=O) groups excluding carboxylic acids is 1. The molecule has 0 atom stereocenters. The number of fused-ring (bicyclic) bond motifs is 1. The van der Waals surface area contributed by atoms with E-state index in [1.54, 1.807) is 6.07 Å². The molecule has 1 aliphatic rings. The summed E-state index contributed by atoms with van der Waals surface area (Å²) in [7, 11) is 0. The van der Waals surface area contributed by atoms with Crippen molar-refractivity contribution in [3.05, 3.63) is 88.4 Å². The molecule has 5 nitrogen and oxygen atoms in total. The summed E-state index contributed by atoms with van der Waals surface area (Å²) < 4.78 is 10.3. The molecule has 0 spiro atoms. The standard InChI is InChI=1S/C29H31N3O2S/c1-18-15-22-23(29(4,5)14-13-28(22,2)3)17-20(18)16-21-11-12-24(34-21)26(33)31-27-30-25(32-35-27)19-9-7-6-8-10-19/h6-12,15,17H,13-14,16H2,1-5H3,(H,30,31,32,33). The van der Waals surface area contributed by atoms with Crippen LogP contribution in [0.15, 0.2) is 59.0 Å². The molecule has 0 saturated heterocycles. The van der Waals surface area contributed by atoms with Gasteiger partial charge in [-0.05, 0) is 65.0 Å². The highest BCUT2D eigenvalue weighted by Gasteiger charge is 2.37.